The van der Waals surface area contributed by atoms with E-state index in [1.807, 2.05) is 25.1 Å². The van der Waals surface area contributed by atoms with Crippen molar-refractivity contribution in [3.05, 3.63) is 28.8 Å². The Morgan fingerprint density at radius 3 is 2.60 bits per heavy atom. The van der Waals surface area contributed by atoms with Crippen molar-refractivity contribution >= 4 is 23.2 Å². The number of aryl methyl sites for hydroxylation is 1. The Hall–Kier alpha value is -1.68. The van der Waals surface area contributed by atoms with Crippen LogP contribution in [0.25, 0.3) is 11.1 Å². The summed E-state index contributed by atoms with van der Waals surface area (Å²) in [5.74, 6) is 0.864. The number of halogens is 1. The molecule has 1 heterocycles. The molecule has 0 fully saturated rings. The first-order valence-electron chi connectivity index (χ1n) is 4.45. The zero-order valence-electron chi connectivity index (χ0n) is 8.21. The standard InChI is InChI=1S/C10H11ClN4/c1-5-4-6(2-3-7(5)11)8-9(12)14-15-10(8)13/h2-4H,1H3,(H5,12,13,14,15). The smallest absolute Gasteiger partial charge is 0.155 e. The Balaban J connectivity index is 2.59. The van der Waals surface area contributed by atoms with E-state index in [4.69, 9.17) is 23.1 Å². The normalized spacial score (nSPS) is 10.5. The number of benzene rings is 1. The average molecular weight is 223 g/mol. The summed E-state index contributed by atoms with van der Waals surface area (Å²) >= 11 is 5.94. The highest BCUT2D eigenvalue weighted by molar-refractivity contribution is 6.31. The van der Waals surface area contributed by atoms with Crippen molar-refractivity contribution in [2.45, 2.75) is 6.92 Å². The number of rotatable bonds is 1. The van der Waals surface area contributed by atoms with Gasteiger partial charge < -0.3 is 11.5 Å². The van der Waals surface area contributed by atoms with Crippen LogP contribution in [0.2, 0.25) is 5.02 Å². The summed E-state index contributed by atoms with van der Waals surface area (Å²) < 4.78 is 0. The molecule has 2 rings (SSSR count). The minimum absolute atomic E-state index is 0.397. The fourth-order valence-corrected chi connectivity index (χ4v) is 1.59. The van der Waals surface area contributed by atoms with Gasteiger partial charge in [-0.05, 0) is 30.2 Å². The fraction of sp³-hybridized carbons (Fsp3) is 0.100. The number of nitrogens with two attached hydrogens (primary N) is 2. The highest BCUT2D eigenvalue weighted by atomic mass is 35.5. The van der Waals surface area contributed by atoms with E-state index in [0.29, 0.717) is 11.6 Å². The number of H-pyrrole nitrogens is 1. The van der Waals surface area contributed by atoms with Crippen molar-refractivity contribution in [1.82, 2.24) is 10.2 Å². The first kappa shape index (κ1) is 9.86. The van der Waals surface area contributed by atoms with Crippen LogP contribution < -0.4 is 11.5 Å². The van der Waals surface area contributed by atoms with E-state index in [1.54, 1.807) is 0 Å². The molecule has 0 saturated heterocycles. The molecule has 0 bridgehead atoms. The number of hydrogen-bond donors (Lipinski definition) is 3. The van der Waals surface area contributed by atoms with Crippen molar-refractivity contribution in [2.75, 3.05) is 11.5 Å². The van der Waals surface area contributed by atoms with Gasteiger partial charge in [-0.2, -0.15) is 5.10 Å². The summed E-state index contributed by atoms with van der Waals surface area (Å²) in [6, 6.07) is 5.62. The lowest BCUT2D eigenvalue weighted by atomic mass is 10.1. The van der Waals surface area contributed by atoms with Crippen LogP contribution in [0, 0.1) is 6.92 Å². The molecule has 0 saturated carbocycles. The highest BCUT2D eigenvalue weighted by Gasteiger charge is 2.11. The number of nitrogens with zero attached hydrogens (tertiary/aromatic N) is 1. The summed E-state index contributed by atoms with van der Waals surface area (Å²) in [6.45, 7) is 1.93. The number of aromatic amines is 1. The molecule has 0 atom stereocenters. The van der Waals surface area contributed by atoms with Crippen LogP contribution in [0.5, 0.6) is 0 Å². The Labute approximate surface area is 92.2 Å². The summed E-state index contributed by atoms with van der Waals surface area (Å²) in [5.41, 5.74) is 14.1. The number of anilines is 2. The quantitative estimate of drug-likeness (QED) is 0.692. The minimum atomic E-state index is 0.397. The van der Waals surface area contributed by atoms with Crippen molar-refractivity contribution in [2.24, 2.45) is 0 Å². The molecule has 0 aliphatic rings. The van der Waals surface area contributed by atoms with E-state index in [9.17, 15) is 0 Å². The molecule has 5 heteroatoms. The molecule has 2 aromatic rings. The molecule has 0 unspecified atom stereocenters. The van der Waals surface area contributed by atoms with E-state index < -0.39 is 0 Å². The lowest BCUT2D eigenvalue weighted by Crippen LogP contribution is -1.91. The molecule has 0 aliphatic heterocycles. The molecule has 0 amide bonds. The highest BCUT2D eigenvalue weighted by Crippen LogP contribution is 2.31. The van der Waals surface area contributed by atoms with Crippen LogP contribution in [0.1, 0.15) is 5.56 Å². The van der Waals surface area contributed by atoms with Gasteiger partial charge in [-0.3, -0.25) is 5.10 Å². The summed E-state index contributed by atoms with van der Waals surface area (Å²) in [5, 5.41) is 7.20. The van der Waals surface area contributed by atoms with E-state index in [-0.39, 0.29) is 0 Å². The number of nitrogen functional groups attached to an aromatic ring is 2. The minimum Gasteiger partial charge on any atom is -0.383 e. The van der Waals surface area contributed by atoms with Gasteiger partial charge in [0.15, 0.2) is 5.82 Å². The first-order chi connectivity index (χ1) is 7.09. The monoisotopic (exact) mass is 222 g/mol. The second-order valence-electron chi connectivity index (χ2n) is 3.36. The molecule has 78 valence electrons. The molecule has 15 heavy (non-hydrogen) atoms. The summed E-state index contributed by atoms with van der Waals surface area (Å²) in [6.07, 6.45) is 0. The molecule has 0 spiro atoms. The Morgan fingerprint density at radius 2 is 2.07 bits per heavy atom. The van der Waals surface area contributed by atoms with Crippen LogP contribution >= 0.6 is 11.6 Å². The molecule has 0 radical (unpaired) electrons. The molecule has 0 aliphatic carbocycles. The topological polar surface area (TPSA) is 80.7 Å². The van der Waals surface area contributed by atoms with Gasteiger partial charge in [0.25, 0.3) is 0 Å². The van der Waals surface area contributed by atoms with Gasteiger partial charge in [0.2, 0.25) is 0 Å². The fourth-order valence-electron chi connectivity index (χ4n) is 1.47. The third-order valence-electron chi connectivity index (χ3n) is 2.27. The third kappa shape index (κ3) is 1.64. The Bertz CT molecular complexity index is 485. The number of hydrogen-bond acceptors (Lipinski definition) is 3. The zero-order valence-corrected chi connectivity index (χ0v) is 8.97. The van der Waals surface area contributed by atoms with Gasteiger partial charge in [0.05, 0.1) is 5.56 Å². The van der Waals surface area contributed by atoms with Gasteiger partial charge in [0, 0.05) is 5.02 Å². The molecular weight excluding hydrogens is 212 g/mol. The van der Waals surface area contributed by atoms with Gasteiger partial charge in [0.1, 0.15) is 5.82 Å². The maximum atomic E-state index is 5.94. The van der Waals surface area contributed by atoms with E-state index in [2.05, 4.69) is 10.2 Å². The van der Waals surface area contributed by atoms with Gasteiger partial charge in [-0.25, -0.2) is 0 Å². The predicted molar refractivity (Wildman–Crippen MR) is 62.6 cm³/mol. The van der Waals surface area contributed by atoms with Crippen LogP contribution in [-0.4, -0.2) is 10.2 Å². The van der Waals surface area contributed by atoms with Crippen LogP contribution in [0.15, 0.2) is 18.2 Å². The molecule has 5 N–H and O–H groups in total. The van der Waals surface area contributed by atoms with Crippen molar-refractivity contribution in [3.8, 4) is 11.1 Å². The average Bonchev–Trinajstić information content (AvgIpc) is 2.52. The zero-order chi connectivity index (χ0) is 11.0. The lowest BCUT2D eigenvalue weighted by Gasteiger charge is -2.03. The van der Waals surface area contributed by atoms with Crippen molar-refractivity contribution in [1.29, 1.82) is 0 Å². The molecule has 1 aromatic carbocycles. The number of aromatic nitrogens is 2. The Morgan fingerprint density at radius 1 is 1.33 bits per heavy atom. The van der Waals surface area contributed by atoms with Gasteiger partial charge in [-0.15, -0.1) is 0 Å². The predicted octanol–water partition coefficient (Wildman–Crippen LogP) is 2.20. The first-order valence-corrected chi connectivity index (χ1v) is 4.83. The van der Waals surface area contributed by atoms with Gasteiger partial charge in [-0.1, -0.05) is 17.7 Å². The summed E-state index contributed by atoms with van der Waals surface area (Å²) in [4.78, 5) is 0. The van der Waals surface area contributed by atoms with Gasteiger partial charge >= 0.3 is 0 Å². The van der Waals surface area contributed by atoms with Crippen LogP contribution in [0.4, 0.5) is 11.6 Å². The second-order valence-corrected chi connectivity index (χ2v) is 3.77. The number of nitrogens with one attached hydrogen (secondary N) is 1. The summed E-state index contributed by atoms with van der Waals surface area (Å²) in [7, 11) is 0. The second kappa shape index (κ2) is 3.47. The maximum Gasteiger partial charge on any atom is 0.155 e. The van der Waals surface area contributed by atoms with E-state index in [0.717, 1.165) is 21.7 Å². The largest absolute Gasteiger partial charge is 0.383 e. The lowest BCUT2D eigenvalue weighted by molar-refractivity contribution is 1.11. The Kier molecular flexibility index (Phi) is 2.28. The van der Waals surface area contributed by atoms with E-state index in [1.165, 1.54) is 0 Å². The molecule has 1 aromatic heterocycles. The van der Waals surface area contributed by atoms with Crippen LogP contribution in [-0.2, 0) is 0 Å². The van der Waals surface area contributed by atoms with Crippen LogP contribution in [0.3, 0.4) is 0 Å². The molecular formula is C10H11ClN4. The van der Waals surface area contributed by atoms with E-state index >= 15 is 0 Å². The maximum absolute atomic E-state index is 5.94. The molecule has 4 nitrogen and oxygen atoms in total. The van der Waals surface area contributed by atoms with Crippen molar-refractivity contribution in [3.63, 3.8) is 0 Å². The van der Waals surface area contributed by atoms with Crippen molar-refractivity contribution < 1.29 is 0 Å². The third-order valence-corrected chi connectivity index (χ3v) is 2.69. The SMILES string of the molecule is Cc1cc(-c2c(N)n[nH]c2N)ccc1Cl.